The third kappa shape index (κ3) is 4.18. The van der Waals surface area contributed by atoms with E-state index in [9.17, 15) is 0 Å². The highest BCUT2D eigenvalue weighted by Gasteiger charge is 2.18. The molecule has 0 fully saturated rings. The molecule has 1 aromatic heterocycles. The molecule has 0 saturated carbocycles. The van der Waals surface area contributed by atoms with Gasteiger partial charge < -0.3 is 10.4 Å². The van der Waals surface area contributed by atoms with Gasteiger partial charge in [0, 0.05) is 18.6 Å². The van der Waals surface area contributed by atoms with Crippen LogP contribution in [-0.4, -0.2) is 23.2 Å². The smallest absolute Gasteiger partial charge is 0.110 e. The average Bonchev–Trinajstić information content (AvgIpc) is 2.61. The van der Waals surface area contributed by atoms with E-state index >= 15 is 0 Å². The molecule has 1 aromatic rings. The fourth-order valence-corrected chi connectivity index (χ4v) is 2.31. The van der Waals surface area contributed by atoms with Crippen molar-refractivity contribution in [2.45, 2.75) is 26.8 Å². The summed E-state index contributed by atoms with van der Waals surface area (Å²) in [6.45, 7) is 7.11. The number of hydrogen-bond acceptors (Lipinski definition) is 4. The molecule has 0 aliphatic carbocycles. The monoisotopic (exact) mass is 292 g/mol. The Kier molecular flexibility index (Phi) is 4.70. The number of hydrogen-bond donors (Lipinski definition) is 2. The van der Waals surface area contributed by atoms with E-state index in [0.29, 0.717) is 0 Å². The zero-order valence-electron chi connectivity index (χ0n) is 9.25. The molecule has 1 atom stereocenters. The summed E-state index contributed by atoms with van der Waals surface area (Å²) in [6.07, 6.45) is 1.81. The number of rotatable bonds is 5. The molecule has 0 aliphatic rings. The molecular weight excluding hydrogens is 276 g/mol. The van der Waals surface area contributed by atoms with Gasteiger partial charge in [-0.3, -0.25) is 0 Å². The van der Waals surface area contributed by atoms with Crippen molar-refractivity contribution in [2.75, 3.05) is 13.2 Å². The lowest BCUT2D eigenvalue weighted by Crippen LogP contribution is -2.33. The molecule has 3 nitrogen and oxygen atoms in total. The molecule has 0 spiro atoms. The molecule has 2 N–H and O–H groups in total. The van der Waals surface area contributed by atoms with Gasteiger partial charge in [0.1, 0.15) is 5.01 Å². The number of nitrogens with zero attached hydrogens (tertiary/aromatic N) is 1. The Hall–Kier alpha value is 0.0300. The normalized spacial score (nSPS) is 14.2. The van der Waals surface area contributed by atoms with Crippen molar-refractivity contribution in [3.63, 3.8) is 0 Å². The summed E-state index contributed by atoms with van der Waals surface area (Å²) in [5.74, 6) is 0. The zero-order valence-corrected chi connectivity index (χ0v) is 11.7. The molecule has 86 valence electrons. The van der Waals surface area contributed by atoms with Crippen LogP contribution in [0.25, 0.3) is 0 Å². The molecule has 15 heavy (non-hydrogen) atoms. The quantitative estimate of drug-likeness (QED) is 0.877. The average molecular weight is 293 g/mol. The molecule has 0 aromatic carbocycles. The third-order valence-electron chi connectivity index (χ3n) is 2.18. The van der Waals surface area contributed by atoms with Crippen LogP contribution in [0.4, 0.5) is 0 Å². The Labute approximate surface area is 103 Å². The highest BCUT2D eigenvalue weighted by molar-refractivity contribution is 9.11. The first-order chi connectivity index (χ1) is 6.94. The minimum Gasteiger partial charge on any atom is -0.396 e. The number of nitrogens with one attached hydrogen (secondary N) is 1. The van der Waals surface area contributed by atoms with Crippen LogP contribution in [0.5, 0.6) is 0 Å². The molecule has 0 bridgehead atoms. The summed E-state index contributed by atoms with van der Waals surface area (Å²) >= 11 is 5.03. The van der Waals surface area contributed by atoms with Crippen LogP contribution in [0.1, 0.15) is 31.8 Å². The van der Waals surface area contributed by atoms with Crippen LogP contribution >= 0.6 is 27.3 Å². The predicted molar refractivity (Wildman–Crippen MR) is 67.1 cm³/mol. The molecule has 0 aliphatic heterocycles. The van der Waals surface area contributed by atoms with Gasteiger partial charge in [-0.05, 0) is 22.9 Å². The maximum atomic E-state index is 9.12. The Balaban J connectivity index is 2.46. The van der Waals surface area contributed by atoms with Gasteiger partial charge in [-0.15, -0.1) is 11.3 Å². The van der Waals surface area contributed by atoms with Crippen molar-refractivity contribution in [1.82, 2.24) is 10.3 Å². The highest BCUT2D eigenvalue weighted by Crippen LogP contribution is 2.24. The third-order valence-corrected chi connectivity index (χ3v) is 3.84. The van der Waals surface area contributed by atoms with Crippen LogP contribution in [0.15, 0.2) is 9.98 Å². The SMILES string of the molecule is CC(NCC(C)(C)CO)c1ncc(Br)s1. The van der Waals surface area contributed by atoms with E-state index in [2.05, 4.69) is 33.2 Å². The van der Waals surface area contributed by atoms with Crippen molar-refractivity contribution in [3.8, 4) is 0 Å². The second kappa shape index (κ2) is 5.39. The minimum atomic E-state index is -0.0806. The van der Waals surface area contributed by atoms with Gasteiger partial charge in [0.05, 0.1) is 16.0 Å². The minimum absolute atomic E-state index is 0.0806. The molecule has 1 unspecified atom stereocenters. The zero-order chi connectivity index (χ0) is 11.5. The number of thiazole rings is 1. The summed E-state index contributed by atoms with van der Waals surface area (Å²) in [5, 5.41) is 13.6. The van der Waals surface area contributed by atoms with Crippen molar-refractivity contribution in [1.29, 1.82) is 0 Å². The van der Waals surface area contributed by atoms with E-state index < -0.39 is 0 Å². The molecule has 0 saturated heterocycles. The summed E-state index contributed by atoms with van der Waals surface area (Å²) in [7, 11) is 0. The fourth-order valence-electron chi connectivity index (χ4n) is 1.04. The summed E-state index contributed by atoms with van der Waals surface area (Å²) in [4.78, 5) is 4.29. The maximum absolute atomic E-state index is 9.12. The Morgan fingerprint density at radius 3 is 2.80 bits per heavy atom. The predicted octanol–water partition coefficient (Wildman–Crippen LogP) is 2.57. The number of aliphatic hydroxyl groups is 1. The summed E-state index contributed by atoms with van der Waals surface area (Å²) in [5.41, 5.74) is -0.0806. The highest BCUT2D eigenvalue weighted by atomic mass is 79.9. The lowest BCUT2D eigenvalue weighted by molar-refractivity contribution is 0.154. The Morgan fingerprint density at radius 1 is 1.67 bits per heavy atom. The standard InChI is InChI=1S/C10H17BrN2OS/c1-7(9-12-4-8(11)15-9)13-5-10(2,3)6-14/h4,7,13-14H,5-6H2,1-3H3. The number of aromatic nitrogens is 1. The molecule has 0 amide bonds. The van der Waals surface area contributed by atoms with Gasteiger partial charge in [-0.1, -0.05) is 13.8 Å². The van der Waals surface area contributed by atoms with Crippen molar-refractivity contribution in [2.24, 2.45) is 5.41 Å². The van der Waals surface area contributed by atoms with Crippen molar-refractivity contribution in [3.05, 3.63) is 15.0 Å². The molecule has 1 rings (SSSR count). The van der Waals surface area contributed by atoms with Crippen LogP contribution in [0.2, 0.25) is 0 Å². The van der Waals surface area contributed by atoms with E-state index in [4.69, 9.17) is 5.11 Å². The Morgan fingerprint density at radius 2 is 2.33 bits per heavy atom. The molecule has 5 heteroatoms. The molecule has 1 heterocycles. The molecule has 0 radical (unpaired) electrons. The lowest BCUT2D eigenvalue weighted by Gasteiger charge is -2.24. The van der Waals surface area contributed by atoms with E-state index in [1.54, 1.807) is 11.3 Å². The van der Waals surface area contributed by atoms with E-state index in [1.807, 2.05) is 20.0 Å². The van der Waals surface area contributed by atoms with Gasteiger partial charge in [0.2, 0.25) is 0 Å². The summed E-state index contributed by atoms with van der Waals surface area (Å²) < 4.78 is 1.05. The van der Waals surface area contributed by atoms with E-state index in [-0.39, 0.29) is 18.1 Å². The van der Waals surface area contributed by atoms with Gasteiger partial charge in [-0.25, -0.2) is 4.98 Å². The van der Waals surface area contributed by atoms with E-state index in [1.165, 1.54) is 0 Å². The van der Waals surface area contributed by atoms with Gasteiger partial charge in [-0.2, -0.15) is 0 Å². The maximum Gasteiger partial charge on any atom is 0.110 e. The largest absolute Gasteiger partial charge is 0.396 e. The first-order valence-electron chi connectivity index (χ1n) is 4.90. The number of aliphatic hydroxyl groups excluding tert-OH is 1. The second-order valence-corrected chi connectivity index (χ2v) is 6.87. The topological polar surface area (TPSA) is 45.1 Å². The van der Waals surface area contributed by atoms with Crippen LogP contribution in [-0.2, 0) is 0 Å². The van der Waals surface area contributed by atoms with Crippen LogP contribution < -0.4 is 5.32 Å². The van der Waals surface area contributed by atoms with Gasteiger partial charge in [0.15, 0.2) is 0 Å². The van der Waals surface area contributed by atoms with Crippen molar-refractivity contribution >= 4 is 27.3 Å². The summed E-state index contributed by atoms with van der Waals surface area (Å²) in [6, 6.07) is 0.229. The van der Waals surface area contributed by atoms with Crippen LogP contribution in [0.3, 0.4) is 0 Å². The van der Waals surface area contributed by atoms with Gasteiger partial charge >= 0.3 is 0 Å². The lowest BCUT2D eigenvalue weighted by atomic mass is 9.95. The second-order valence-electron chi connectivity index (χ2n) is 4.43. The number of halogens is 1. The molecular formula is C10H17BrN2OS. The Bertz CT molecular complexity index is 314. The van der Waals surface area contributed by atoms with Crippen LogP contribution in [0, 0.1) is 5.41 Å². The fraction of sp³-hybridized carbons (Fsp3) is 0.700. The van der Waals surface area contributed by atoms with Gasteiger partial charge in [0.25, 0.3) is 0 Å². The first kappa shape index (κ1) is 13.1. The van der Waals surface area contributed by atoms with E-state index in [0.717, 1.165) is 15.3 Å². The first-order valence-corrected chi connectivity index (χ1v) is 6.51. The van der Waals surface area contributed by atoms with Crippen molar-refractivity contribution < 1.29 is 5.11 Å².